The summed E-state index contributed by atoms with van der Waals surface area (Å²) in [5.41, 5.74) is 1.28. The summed E-state index contributed by atoms with van der Waals surface area (Å²) in [6, 6.07) is 14.5. The molecule has 2 aromatic carbocycles. The summed E-state index contributed by atoms with van der Waals surface area (Å²) in [6.45, 7) is 0. The quantitative estimate of drug-likeness (QED) is 0.730. The number of para-hydroxylation sites is 4. The Morgan fingerprint density at radius 3 is 1.76 bits per heavy atom. The number of fused-ring (bicyclic) bond motifs is 2. The molecule has 2 aromatic rings. The minimum atomic E-state index is -1.60. The molecule has 0 unspecified atom stereocenters. The second kappa shape index (κ2) is 3.80. The van der Waals surface area contributed by atoms with Crippen LogP contribution in [0.5, 0.6) is 11.5 Å². The lowest BCUT2D eigenvalue weighted by Crippen LogP contribution is -2.37. The van der Waals surface area contributed by atoms with E-state index in [0.29, 0.717) is 22.9 Å². The molecule has 2 N–H and O–H groups in total. The fraction of sp³-hybridized carbons (Fsp3) is 0. The Bertz CT molecular complexity index is 513. The van der Waals surface area contributed by atoms with Crippen molar-refractivity contribution in [1.82, 2.24) is 0 Å². The molecule has 0 bridgehead atoms. The smallest absolute Gasteiger partial charge is 0.453 e. The van der Waals surface area contributed by atoms with Crippen molar-refractivity contribution in [1.29, 1.82) is 0 Å². The van der Waals surface area contributed by atoms with Gasteiger partial charge in [0, 0.05) is 0 Å². The number of ether oxygens (including phenoxy) is 1. The summed E-state index contributed by atoms with van der Waals surface area (Å²) >= 11 is 0. The lowest BCUT2D eigenvalue weighted by Gasteiger charge is -2.31. The van der Waals surface area contributed by atoms with Gasteiger partial charge < -0.3 is 19.6 Å². The van der Waals surface area contributed by atoms with Crippen molar-refractivity contribution in [3.8, 4) is 11.5 Å². The molecule has 1 heterocycles. The zero-order valence-electron chi connectivity index (χ0n) is 8.95. The third kappa shape index (κ3) is 1.56. The summed E-state index contributed by atoms with van der Waals surface area (Å²) in [7, 11) is -1.60. The molecule has 0 aliphatic carbocycles. The Morgan fingerprint density at radius 2 is 1.29 bits per heavy atom. The van der Waals surface area contributed by atoms with Gasteiger partial charge in [-0.15, -0.1) is 0 Å². The van der Waals surface area contributed by atoms with Gasteiger partial charge in [0.25, 0.3) is 0 Å². The second-order valence-corrected chi connectivity index (χ2v) is 3.75. The van der Waals surface area contributed by atoms with Gasteiger partial charge in [0.15, 0.2) is 0 Å². The summed E-state index contributed by atoms with van der Waals surface area (Å²) in [4.78, 5) is 1.42. The molecule has 1 aliphatic heterocycles. The lowest BCUT2D eigenvalue weighted by atomic mass is 9.99. The van der Waals surface area contributed by atoms with Crippen LogP contribution >= 0.6 is 0 Å². The number of rotatable bonds is 1. The molecule has 17 heavy (non-hydrogen) atoms. The SMILES string of the molecule is OB(O)N1c2ccccc2Oc2ccccc21. The van der Waals surface area contributed by atoms with Crippen LogP contribution in [0.1, 0.15) is 0 Å². The van der Waals surface area contributed by atoms with Gasteiger partial charge in [-0.1, -0.05) is 24.3 Å². The fourth-order valence-electron chi connectivity index (χ4n) is 1.98. The van der Waals surface area contributed by atoms with Crippen molar-refractivity contribution in [3.63, 3.8) is 0 Å². The number of anilines is 2. The van der Waals surface area contributed by atoms with Crippen molar-refractivity contribution in [3.05, 3.63) is 48.5 Å². The van der Waals surface area contributed by atoms with Gasteiger partial charge in [0.2, 0.25) is 0 Å². The zero-order chi connectivity index (χ0) is 11.8. The van der Waals surface area contributed by atoms with Gasteiger partial charge >= 0.3 is 7.25 Å². The van der Waals surface area contributed by atoms with Crippen LogP contribution in [0.2, 0.25) is 0 Å². The van der Waals surface area contributed by atoms with Gasteiger partial charge in [-0.25, -0.2) is 0 Å². The van der Waals surface area contributed by atoms with Gasteiger partial charge in [0.1, 0.15) is 11.5 Å². The Balaban J connectivity index is 2.21. The molecule has 1 aliphatic rings. The first-order valence-corrected chi connectivity index (χ1v) is 5.28. The molecule has 0 atom stereocenters. The molecule has 4 nitrogen and oxygen atoms in total. The molecule has 0 aromatic heterocycles. The van der Waals surface area contributed by atoms with Crippen LogP contribution < -0.4 is 9.55 Å². The highest BCUT2D eigenvalue weighted by atomic mass is 16.5. The first-order chi connectivity index (χ1) is 8.27. The van der Waals surface area contributed by atoms with E-state index in [0.717, 1.165) is 0 Å². The highest BCUT2D eigenvalue weighted by Crippen LogP contribution is 2.46. The van der Waals surface area contributed by atoms with Gasteiger partial charge in [-0.2, -0.15) is 0 Å². The second-order valence-electron chi connectivity index (χ2n) is 3.75. The van der Waals surface area contributed by atoms with E-state index in [4.69, 9.17) is 4.74 Å². The van der Waals surface area contributed by atoms with E-state index in [-0.39, 0.29) is 0 Å². The Kier molecular flexibility index (Phi) is 2.28. The van der Waals surface area contributed by atoms with Crippen LogP contribution in [0.15, 0.2) is 48.5 Å². The molecule has 0 saturated carbocycles. The minimum absolute atomic E-state index is 0.610. The minimum Gasteiger partial charge on any atom is -0.453 e. The first-order valence-electron chi connectivity index (χ1n) is 5.28. The van der Waals surface area contributed by atoms with Crippen molar-refractivity contribution in [2.45, 2.75) is 0 Å². The molecule has 3 rings (SSSR count). The van der Waals surface area contributed by atoms with Crippen molar-refractivity contribution >= 4 is 18.6 Å². The van der Waals surface area contributed by atoms with Crippen LogP contribution in [-0.4, -0.2) is 17.3 Å². The molecular weight excluding hydrogens is 217 g/mol. The van der Waals surface area contributed by atoms with Crippen molar-refractivity contribution in [2.24, 2.45) is 0 Å². The van der Waals surface area contributed by atoms with E-state index in [9.17, 15) is 10.0 Å². The summed E-state index contributed by atoms with van der Waals surface area (Å²) in [5.74, 6) is 1.22. The topological polar surface area (TPSA) is 52.9 Å². The summed E-state index contributed by atoms with van der Waals surface area (Å²) in [6.07, 6.45) is 0. The predicted molar refractivity (Wildman–Crippen MR) is 65.3 cm³/mol. The number of hydrogen-bond acceptors (Lipinski definition) is 4. The van der Waals surface area contributed by atoms with Crippen LogP contribution in [0.25, 0.3) is 0 Å². The Morgan fingerprint density at radius 1 is 0.824 bits per heavy atom. The number of hydrogen-bond donors (Lipinski definition) is 2. The Hall–Kier alpha value is -1.98. The average Bonchev–Trinajstić information content (AvgIpc) is 2.35. The van der Waals surface area contributed by atoms with E-state index in [1.54, 1.807) is 24.3 Å². The standard InChI is InChI=1S/C12H10BNO3/c15-13(16)14-9-5-1-3-7-11(9)17-12-8-4-2-6-10(12)14/h1-8,15-16H. The fourth-order valence-corrected chi connectivity index (χ4v) is 1.98. The van der Waals surface area contributed by atoms with Crippen LogP contribution in [0, 0.1) is 0 Å². The van der Waals surface area contributed by atoms with Gasteiger partial charge in [0.05, 0.1) is 11.4 Å². The molecule has 0 fully saturated rings. The van der Waals surface area contributed by atoms with E-state index < -0.39 is 7.25 Å². The van der Waals surface area contributed by atoms with E-state index in [1.807, 2.05) is 24.3 Å². The van der Waals surface area contributed by atoms with E-state index in [1.165, 1.54) is 4.81 Å². The largest absolute Gasteiger partial charge is 0.592 e. The Labute approximate surface area is 98.9 Å². The highest BCUT2D eigenvalue weighted by molar-refractivity contribution is 6.49. The summed E-state index contributed by atoms with van der Waals surface area (Å²) in [5, 5.41) is 19.0. The van der Waals surface area contributed by atoms with Gasteiger partial charge in [-0.3, -0.25) is 0 Å². The molecule has 0 radical (unpaired) electrons. The summed E-state index contributed by atoms with van der Waals surface area (Å²) < 4.78 is 5.69. The van der Waals surface area contributed by atoms with Crippen LogP contribution in [0.4, 0.5) is 11.4 Å². The van der Waals surface area contributed by atoms with Crippen LogP contribution in [-0.2, 0) is 0 Å². The van der Waals surface area contributed by atoms with Crippen molar-refractivity contribution < 1.29 is 14.8 Å². The number of nitrogens with zero attached hydrogens (tertiary/aromatic N) is 1. The molecular formula is C12H10BNO3. The number of benzene rings is 2. The third-order valence-corrected chi connectivity index (χ3v) is 2.70. The molecule has 84 valence electrons. The van der Waals surface area contributed by atoms with Crippen molar-refractivity contribution in [2.75, 3.05) is 4.81 Å². The maximum Gasteiger partial charge on any atom is 0.592 e. The maximum absolute atomic E-state index is 9.50. The third-order valence-electron chi connectivity index (χ3n) is 2.70. The molecule has 0 saturated heterocycles. The average molecular weight is 227 g/mol. The first kappa shape index (κ1) is 10.2. The highest BCUT2D eigenvalue weighted by Gasteiger charge is 2.31. The van der Waals surface area contributed by atoms with E-state index in [2.05, 4.69) is 0 Å². The normalized spacial score (nSPS) is 12.5. The maximum atomic E-state index is 9.50. The van der Waals surface area contributed by atoms with Crippen LogP contribution in [0.3, 0.4) is 0 Å². The van der Waals surface area contributed by atoms with Gasteiger partial charge in [-0.05, 0) is 24.3 Å². The molecule has 0 spiro atoms. The zero-order valence-corrected chi connectivity index (χ0v) is 8.95. The van der Waals surface area contributed by atoms with E-state index >= 15 is 0 Å². The molecule has 5 heteroatoms. The predicted octanol–water partition coefficient (Wildman–Crippen LogP) is 1.90. The monoisotopic (exact) mass is 227 g/mol. The lowest BCUT2D eigenvalue weighted by molar-refractivity contribution is 0.401. The molecule has 0 amide bonds.